The zero-order valence-corrected chi connectivity index (χ0v) is 16.1. The molecule has 0 saturated carbocycles. The normalized spacial score (nSPS) is 17.6. The van der Waals surface area contributed by atoms with E-state index in [9.17, 15) is 18.0 Å². The second kappa shape index (κ2) is 7.51. The topological polar surface area (TPSA) is 101 Å². The minimum absolute atomic E-state index is 0.114. The monoisotopic (exact) mass is 390 g/mol. The molecule has 1 amide bonds. The number of carbonyl (C=O) groups is 1. The van der Waals surface area contributed by atoms with Crippen molar-refractivity contribution in [3.63, 3.8) is 0 Å². The van der Waals surface area contributed by atoms with Crippen LogP contribution < -0.4 is 15.8 Å². The van der Waals surface area contributed by atoms with Crippen molar-refractivity contribution < 1.29 is 13.2 Å². The Bertz CT molecular complexity index is 999. The van der Waals surface area contributed by atoms with E-state index in [1.165, 1.54) is 22.9 Å². The number of aromatic nitrogens is 2. The highest BCUT2D eigenvalue weighted by molar-refractivity contribution is 7.90. The van der Waals surface area contributed by atoms with Gasteiger partial charge < -0.3 is 10.2 Å². The number of hydrogen-bond acceptors (Lipinski definition) is 6. The molecule has 2 heterocycles. The summed E-state index contributed by atoms with van der Waals surface area (Å²) >= 11 is 0. The lowest BCUT2D eigenvalue weighted by atomic mass is 9.97. The van der Waals surface area contributed by atoms with Crippen molar-refractivity contribution in [3.05, 3.63) is 46.8 Å². The lowest BCUT2D eigenvalue weighted by Gasteiger charge is -2.32. The van der Waals surface area contributed by atoms with E-state index in [-0.39, 0.29) is 22.3 Å². The van der Waals surface area contributed by atoms with Crippen molar-refractivity contribution in [2.24, 2.45) is 13.0 Å². The van der Waals surface area contributed by atoms with Crippen LogP contribution in [-0.4, -0.2) is 43.5 Å². The zero-order valence-electron chi connectivity index (χ0n) is 15.3. The summed E-state index contributed by atoms with van der Waals surface area (Å²) in [6, 6.07) is 9.27. The molecule has 1 atom stereocenters. The lowest BCUT2D eigenvalue weighted by Crippen LogP contribution is -2.41. The minimum Gasteiger partial charge on any atom is -0.354 e. The molecule has 1 aliphatic heterocycles. The van der Waals surface area contributed by atoms with Crippen LogP contribution in [0.2, 0.25) is 0 Å². The van der Waals surface area contributed by atoms with Crippen LogP contribution in [0.25, 0.3) is 0 Å². The Morgan fingerprint density at radius 2 is 1.89 bits per heavy atom. The number of nitrogens with zero attached hydrogens (tertiary/aromatic N) is 3. The average Bonchev–Trinajstić information content (AvgIpc) is 2.64. The lowest BCUT2D eigenvalue weighted by molar-refractivity contribution is -0.120. The predicted octanol–water partition coefficient (Wildman–Crippen LogP) is 1.04. The summed E-state index contributed by atoms with van der Waals surface area (Å²) in [4.78, 5) is 26.3. The summed E-state index contributed by atoms with van der Waals surface area (Å²) in [7, 11) is -1.67. The van der Waals surface area contributed by atoms with E-state index < -0.39 is 9.84 Å². The molecule has 9 heteroatoms. The number of benzene rings is 1. The molecule has 144 valence electrons. The summed E-state index contributed by atoms with van der Waals surface area (Å²) in [5.74, 6) is 0.344. The first-order valence-corrected chi connectivity index (χ1v) is 10.5. The molecule has 0 bridgehead atoms. The van der Waals surface area contributed by atoms with E-state index in [1.54, 1.807) is 25.2 Å². The first-order valence-electron chi connectivity index (χ1n) is 8.64. The van der Waals surface area contributed by atoms with E-state index >= 15 is 0 Å². The highest BCUT2D eigenvalue weighted by atomic mass is 32.2. The number of aryl methyl sites for hydroxylation is 1. The van der Waals surface area contributed by atoms with Crippen molar-refractivity contribution in [1.29, 1.82) is 0 Å². The van der Waals surface area contributed by atoms with Crippen molar-refractivity contribution >= 4 is 27.2 Å². The quantitative estimate of drug-likeness (QED) is 0.837. The van der Waals surface area contributed by atoms with Crippen LogP contribution in [0.3, 0.4) is 0 Å². The maximum atomic E-state index is 12.6. The Hall–Kier alpha value is -2.68. The third-order valence-corrected chi connectivity index (χ3v) is 5.74. The number of carbonyl (C=O) groups excluding carboxylic acids is 1. The van der Waals surface area contributed by atoms with Gasteiger partial charge in [0.1, 0.15) is 5.82 Å². The maximum absolute atomic E-state index is 12.6. The summed E-state index contributed by atoms with van der Waals surface area (Å²) in [6.07, 6.45) is 2.75. The largest absolute Gasteiger partial charge is 0.354 e. The van der Waals surface area contributed by atoms with Gasteiger partial charge in [-0.1, -0.05) is 0 Å². The molecule has 0 spiro atoms. The number of anilines is 2. The van der Waals surface area contributed by atoms with Crippen molar-refractivity contribution in [1.82, 2.24) is 9.78 Å². The smallest absolute Gasteiger partial charge is 0.266 e. The summed E-state index contributed by atoms with van der Waals surface area (Å²) < 4.78 is 24.3. The van der Waals surface area contributed by atoms with E-state index in [0.29, 0.717) is 18.1 Å². The van der Waals surface area contributed by atoms with Gasteiger partial charge in [-0.15, -0.1) is 0 Å². The number of piperidine rings is 1. The van der Waals surface area contributed by atoms with Crippen molar-refractivity contribution in [2.75, 3.05) is 29.6 Å². The van der Waals surface area contributed by atoms with Crippen LogP contribution in [0, 0.1) is 5.92 Å². The van der Waals surface area contributed by atoms with Gasteiger partial charge in [-0.05, 0) is 43.2 Å². The third-order valence-electron chi connectivity index (χ3n) is 4.61. The fourth-order valence-electron chi connectivity index (χ4n) is 3.09. The van der Waals surface area contributed by atoms with Gasteiger partial charge in [0, 0.05) is 38.1 Å². The fraction of sp³-hybridized carbons (Fsp3) is 0.389. The highest BCUT2D eigenvalue weighted by Crippen LogP contribution is 2.22. The van der Waals surface area contributed by atoms with Gasteiger partial charge in [0.05, 0.1) is 10.8 Å². The van der Waals surface area contributed by atoms with Crippen LogP contribution in [0.1, 0.15) is 12.8 Å². The van der Waals surface area contributed by atoms with Crippen LogP contribution in [0.15, 0.2) is 46.1 Å². The number of nitrogens with one attached hydrogen (secondary N) is 1. The fourth-order valence-corrected chi connectivity index (χ4v) is 3.72. The average molecular weight is 390 g/mol. The molecule has 3 rings (SSSR count). The van der Waals surface area contributed by atoms with Gasteiger partial charge in [0.25, 0.3) is 5.56 Å². The molecule has 0 radical (unpaired) electrons. The molecule has 1 aromatic heterocycles. The molecule has 1 aromatic carbocycles. The maximum Gasteiger partial charge on any atom is 0.266 e. The number of hydrogen-bond donors (Lipinski definition) is 1. The van der Waals surface area contributed by atoms with E-state index in [1.807, 2.05) is 4.90 Å². The van der Waals surface area contributed by atoms with Crippen LogP contribution in [0.4, 0.5) is 11.5 Å². The molecular formula is C18H22N4O4S. The molecule has 1 saturated heterocycles. The Kier molecular flexibility index (Phi) is 5.31. The predicted molar refractivity (Wildman–Crippen MR) is 103 cm³/mol. The van der Waals surface area contributed by atoms with E-state index in [0.717, 1.165) is 25.6 Å². The Morgan fingerprint density at radius 1 is 1.19 bits per heavy atom. The van der Waals surface area contributed by atoms with Crippen LogP contribution in [-0.2, 0) is 21.7 Å². The van der Waals surface area contributed by atoms with Gasteiger partial charge in [-0.3, -0.25) is 9.59 Å². The minimum atomic E-state index is -3.26. The third kappa shape index (κ3) is 4.54. The second-order valence-electron chi connectivity index (χ2n) is 6.72. The number of amides is 1. The van der Waals surface area contributed by atoms with E-state index in [4.69, 9.17) is 0 Å². The van der Waals surface area contributed by atoms with Crippen LogP contribution >= 0.6 is 0 Å². The molecule has 0 aliphatic carbocycles. The summed E-state index contributed by atoms with van der Waals surface area (Å²) in [5, 5.41) is 7.10. The first-order chi connectivity index (χ1) is 12.7. The SMILES string of the molecule is Cn1nc(N2CCCC(C(=O)Nc3ccc(S(C)(=O)=O)cc3)C2)ccc1=O. The van der Waals surface area contributed by atoms with E-state index in [2.05, 4.69) is 10.4 Å². The molecule has 1 fully saturated rings. The van der Waals surface area contributed by atoms with Gasteiger partial charge in [-0.25, -0.2) is 13.1 Å². The molecule has 1 N–H and O–H groups in total. The van der Waals surface area contributed by atoms with Crippen LogP contribution in [0.5, 0.6) is 0 Å². The van der Waals surface area contributed by atoms with Gasteiger partial charge >= 0.3 is 0 Å². The van der Waals surface area contributed by atoms with Gasteiger partial charge in [-0.2, -0.15) is 5.10 Å². The van der Waals surface area contributed by atoms with Crippen molar-refractivity contribution in [3.8, 4) is 0 Å². The Labute approximate surface area is 157 Å². The highest BCUT2D eigenvalue weighted by Gasteiger charge is 2.27. The summed E-state index contributed by atoms with van der Waals surface area (Å²) in [6.45, 7) is 1.29. The first kappa shape index (κ1) is 19.1. The van der Waals surface area contributed by atoms with Gasteiger partial charge in [0.15, 0.2) is 9.84 Å². The van der Waals surface area contributed by atoms with Gasteiger partial charge in [0.2, 0.25) is 5.91 Å². The molecule has 2 aromatic rings. The molecular weight excluding hydrogens is 368 g/mol. The molecule has 8 nitrogen and oxygen atoms in total. The standard InChI is InChI=1S/C18H22N4O4S/c1-21-17(23)10-9-16(20-21)22-11-3-4-13(12-22)18(24)19-14-5-7-15(8-6-14)27(2,25)26/h5-10,13H,3-4,11-12H2,1-2H3,(H,19,24). The zero-order chi connectivity index (χ0) is 19.6. The Balaban J connectivity index is 1.67. The number of sulfone groups is 1. The summed E-state index contributed by atoms with van der Waals surface area (Å²) in [5.41, 5.74) is 0.382. The molecule has 1 aliphatic rings. The number of rotatable bonds is 4. The Morgan fingerprint density at radius 3 is 2.52 bits per heavy atom. The van der Waals surface area contributed by atoms with Crippen molar-refractivity contribution in [2.45, 2.75) is 17.7 Å². The molecule has 27 heavy (non-hydrogen) atoms. The second-order valence-corrected chi connectivity index (χ2v) is 8.74. The molecule has 1 unspecified atom stereocenters.